The van der Waals surface area contributed by atoms with Gasteiger partial charge in [-0.05, 0) is 37.0 Å². The Morgan fingerprint density at radius 2 is 2.00 bits per heavy atom. The van der Waals surface area contributed by atoms with Crippen molar-refractivity contribution >= 4 is 17.3 Å². The van der Waals surface area contributed by atoms with Gasteiger partial charge < -0.3 is 15.4 Å². The van der Waals surface area contributed by atoms with E-state index < -0.39 is 0 Å². The van der Waals surface area contributed by atoms with Crippen molar-refractivity contribution in [2.24, 2.45) is 0 Å². The van der Waals surface area contributed by atoms with E-state index in [-0.39, 0.29) is 0 Å². The van der Waals surface area contributed by atoms with E-state index in [1.807, 2.05) is 13.0 Å². The second kappa shape index (κ2) is 9.75. The van der Waals surface area contributed by atoms with E-state index >= 15 is 0 Å². The third kappa shape index (κ3) is 7.13. The third-order valence-electron chi connectivity index (χ3n) is 2.89. The number of rotatable bonds is 8. The van der Waals surface area contributed by atoms with E-state index in [0.717, 1.165) is 37.8 Å². The van der Waals surface area contributed by atoms with Gasteiger partial charge in [-0.3, -0.25) is 0 Å². The van der Waals surface area contributed by atoms with E-state index in [1.165, 1.54) is 5.56 Å². The molecular formula is C15H24N2OS. The van der Waals surface area contributed by atoms with Crippen LogP contribution in [-0.2, 0) is 4.74 Å². The maximum atomic E-state index is 5.27. The molecule has 0 aromatic heterocycles. The molecule has 1 aromatic carbocycles. The van der Waals surface area contributed by atoms with Crippen LogP contribution in [0.25, 0.3) is 0 Å². The minimum Gasteiger partial charge on any atom is -0.382 e. The van der Waals surface area contributed by atoms with Crippen molar-refractivity contribution in [3.8, 4) is 0 Å². The summed E-state index contributed by atoms with van der Waals surface area (Å²) in [5.41, 5.74) is 1.33. The fourth-order valence-corrected chi connectivity index (χ4v) is 1.91. The van der Waals surface area contributed by atoms with Gasteiger partial charge in [-0.2, -0.15) is 0 Å². The summed E-state index contributed by atoms with van der Waals surface area (Å²) in [7, 11) is 0. The minimum absolute atomic E-state index is 0.448. The van der Waals surface area contributed by atoms with Crippen LogP contribution in [0.15, 0.2) is 30.3 Å². The molecule has 0 saturated heterocycles. The van der Waals surface area contributed by atoms with Gasteiger partial charge in [0.25, 0.3) is 0 Å². The zero-order valence-corrected chi connectivity index (χ0v) is 12.6. The summed E-state index contributed by atoms with van der Waals surface area (Å²) in [6, 6.07) is 10.5. The molecule has 1 atom stereocenters. The Morgan fingerprint density at radius 1 is 1.26 bits per heavy atom. The Hall–Kier alpha value is -1.13. The lowest BCUT2D eigenvalue weighted by Crippen LogP contribution is -2.37. The second-order valence-electron chi connectivity index (χ2n) is 4.50. The molecule has 1 aromatic rings. The minimum atomic E-state index is 0.448. The van der Waals surface area contributed by atoms with Crippen LogP contribution >= 0.6 is 12.2 Å². The van der Waals surface area contributed by atoms with Crippen LogP contribution in [0.1, 0.15) is 31.7 Å². The first-order valence-electron chi connectivity index (χ1n) is 6.88. The summed E-state index contributed by atoms with van der Waals surface area (Å²) in [5.74, 6) is 0.448. The predicted molar refractivity (Wildman–Crippen MR) is 84.6 cm³/mol. The topological polar surface area (TPSA) is 33.3 Å². The average Bonchev–Trinajstić information content (AvgIpc) is 2.45. The van der Waals surface area contributed by atoms with Gasteiger partial charge in [0.05, 0.1) is 0 Å². The largest absolute Gasteiger partial charge is 0.382 e. The molecule has 0 aliphatic carbocycles. The van der Waals surface area contributed by atoms with Crippen molar-refractivity contribution in [3.05, 3.63) is 35.9 Å². The first kappa shape index (κ1) is 15.9. The van der Waals surface area contributed by atoms with Crippen LogP contribution in [0.2, 0.25) is 0 Å². The molecule has 1 rings (SSSR count). The predicted octanol–water partition coefficient (Wildman–Crippen LogP) is 2.68. The molecule has 19 heavy (non-hydrogen) atoms. The summed E-state index contributed by atoms with van der Waals surface area (Å²) in [4.78, 5) is 0. The standard InChI is InChI=1S/C15H24N2OS/c1-3-18-11-7-10-16-15(19)17-12-13(2)14-8-5-4-6-9-14/h4-6,8-9,13H,3,7,10-12H2,1-2H3,(H2,16,17,19). The van der Waals surface area contributed by atoms with Crippen molar-refractivity contribution in [1.82, 2.24) is 10.6 Å². The lowest BCUT2D eigenvalue weighted by atomic mass is 10.0. The highest BCUT2D eigenvalue weighted by Gasteiger charge is 2.04. The molecule has 0 amide bonds. The van der Waals surface area contributed by atoms with Crippen LogP contribution in [0, 0.1) is 0 Å². The number of thiocarbonyl (C=S) groups is 1. The molecule has 106 valence electrons. The monoisotopic (exact) mass is 280 g/mol. The lowest BCUT2D eigenvalue weighted by Gasteiger charge is -2.15. The highest BCUT2D eigenvalue weighted by molar-refractivity contribution is 7.80. The average molecular weight is 280 g/mol. The number of hydrogen-bond acceptors (Lipinski definition) is 2. The van der Waals surface area contributed by atoms with Gasteiger partial charge in [0.15, 0.2) is 5.11 Å². The molecule has 3 nitrogen and oxygen atoms in total. The molecule has 0 spiro atoms. The van der Waals surface area contributed by atoms with Crippen molar-refractivity contribution < 1.29 is 4.74 Å². The Labute approximate surface area is 121 Å². The van der Waals surface area contributed by atoms with Gasteiger partial charge in [-0.15, -0.1) is 0 Å². The highest BCUT2D eigenvalue weighted by atomic mass is 32.1. The smallest absolute Gasteiger partial charge is 0.166 e. The molecule has 4 heteroatoms. The van der Waals surface area contributed by atoms with Crippen molar-refractivity contribution in [2.75, 3.05) is 26.3 Å². The van der Waals surface area contributed by atoms with Gasteiger partial charge in [-0.25, -0.2) is 0 Å². The number of benzene rings is 1. The number of nitrogens with one attached hydrogen (secondary N) is 2. The number of ether oxygens (including phenoxy) is 1. The Bertz CT molecular complexity index is 356. The van der Waals surface area contributed by atoms with Gasteiger partial charge in [0.1, 0.15) is 0 Å². The molecule has 0 aliphatic heterocycles. The Kier molecular flexibility index (Phi) is 8.18. The first-order valence-corrected chi connectivity index (χ1v) is 7.29. The fourth-order valence-electron chi connectivity index (χ4n) is 1.73. The quantitative estimate of drug-likeness (QED) is 0.566. The molecule has 0 aliphatic rings. The van der Waals surface area contributed by atoms with Gasteiger partial charge in [0, 0.05) is 26.3 Å². The molecule has 0 radical (unpaired) electrons. The van der Waals surface area contributed by atoms with Crippen LogP contribution in [0.4, 0.5) is 0 Å². The van der Waals surface area contributed by atoms with Crippen molar-refractivity contribution in [2.45, 2.75) is 26.2 Å². The van der Waals surface area contributed by atoms with Crippen molar-refractivity contribution in [3.63, 3.8) is 0 Å². The van der Waals surface area contributed by atoms with Crippen LogP contribution in [-0.4, -0.2) is 31.4 Å². The van der Waals surface area contributed by atoms with E-state index in [9.17, 15) is 0 Å². The van der Waals surface area contributed by atoms with E-state index in [1.54, 1.807) is 0 Å². The zero-order valence-electron chi connectivity index (χ0n) is 11.8. The molecule has 1 unspecified atom stereocenters. The van der Waals surface area contributed by atoms with Gasteiger partial charge in [0.2, 0.25) is 0 Å². The molecule has 0 fully saturated rings. The molecular weight excluding hydrogens is 256 g/mol. The summed E-state index contributed by atoms with van der Waals surface area (Å²) in [6.07, 6.45) is 0.976. The van der Waals surface area contributed by atoms with Crippen LogP contribution in [0.3, 0.4) is 0 Å². The Morgan fingerprint density at radius 3 is 2.68 bits per heavy atom. The van der Waals surface area contributed by atoms with E-state index in [2.05, 4.69) is 41.8 Å². The molecule has 0 heterocycles. The SMILES string of the molecule is CCOCCCNC(=S)NCC(C)c1ccccc1. The fraction of sp³-hybridized carbons (Fsp3) is 0.533. The van der Waals surface area contributed by atoms with Crippen LogP contribution < -0.4 is 10.6 Å². The Balaban J connectivity index is 2.13. The maximum Gasteiger partial charge on any atom is 0.166 e. The highest BCUT2D eigenvalue weighted by Crippen LogP contribution is 2.12. The zero-order chi connectivity index (χ0) is 13.9. The molecule has 0 saturated carbocycles. The maximum absolute atomic E-state index is 5.27. The van der Waals surface area contributed by atoms with Gasteiger partial charge >= 0.3 is 0 Å². The normalized spacial score (nSPS) is 11.9. The van der Waals surface area contributed by atoms with Crippen LogP contribution in [0.5, 0.6) is 0 Å². The molecule has 0 bridgehead atoms. The summed E-state index contributed by atoms with van der Waals surface area (Å²) < 4.78 is 5.27. The lowest BCUT2D eigenvalue weighted by molar-refractivity contribution is 0.145. The summed E-state index contributed by atoms with van der Waals surface area (Å²) in [6.45, 7) is 7.46. The number of hydrogen-bond donors (Lipinski definition) is 2. The molecule has 2 N–H and O–H groups in total. The summed E-state index contributed by atoms with van der Waals surface area (Å²) in [5, 5.41) is 7.16. The van der Waals surface area contributed by atoms with E-state index in [0.29, 0.717) is 5.92 Å². The van der Waals surface area contributed by atoms with Gasteiger partial charge in [-0.1, -0.05) is 37.3 Å². The second-order valence-corrected chi connectivity index (χ2v) is 4.91. The first-order chi connectivity index (χ1) is 9.24. The van der Waals surface area contributed by atoms with Crippen molar-refractivity contribution in [1.29, 1.82) is 0 Å². The van der Waals surface area contributed by atoms with E-state index in [4.69, 9.17) is 17.0 Å². The summed E-state index contributed by atoms with van der Waals surface area (Å²) >= 11 is 5.24. The third-order valence-corrected chi connectivity index (χ3v) is 3.18.